The molecule has 3 aromatic rings. The number of methoxy groups -OCH3 is 1. The molecule has 1 aliphatic rings. The van der Waals surface area contributed by atoms with Gasteiger partial charge in [0.25, 0.3) is 5.91 Å². The number of nitrogens with one attached hydrogen (secondary N) is 1. The Hall–Kier alpha value is -3.30. The van der Waals surface area contributed by atoms with E-state index in [1.54, 1.807) is 25.3 Å². The van der Waals surface area contributed by atoms with Crippen LogP contribution in [0.25, 0.3) is 0 Å². The van der Waals surface area contributed by atoms with Gasteiger partial charge in [0.2, 0.25) is 0 Å². The number of aromatic nitrogens is 1. The molecule has 2 heterocycles. The van der Waals surface area contributed by atoms with Gasteiger partial charge in [0, 0.05) is 18.3 Å². The van der Waals surface area contributed by atoms with Gasteiger partial charge >= 0.3 is 0 Å². The monoisotopic (exact) mass is 525 g/mol. The van der Waals surface area contributed by atoms with Gasteiger partial charge < -0.3 is 24.3 Å². The highest BCUT2D eigenvalue weighted by Gasteiger charge is 2.27. The summed E-state index contributed by atoms with van der Waals surface area (Å²) in [6, 6.07) is 12.9. The number of nitrogens with zero attached hydrogens (tertiary/aromatic N) is 2. The van der Waals surface area contributed by atoms with E-state index in [0.29, 0.717) is 57.5 Å². The number of hydrogen-bond acceptors (Lipinski definition) is 8. The molecule has 0 spiro atoms. The second kappa shape index (κ2) is 12.8. The zero-order valence-electron chi connectivity index (χ0n) is 21.9. The first-order valence-corrected chi connectivity index (χ1v) is 13.5. The van der Waals surface area contributed by atoms with Gasteiger partial charge in [-0.25, -0.2) is 4.98 Å². The van der Waals surface area contributed by atoms with Gasteiger partial charge in [-0.05, 0) is 57.1 Å². The predicted octanol–water partition coefficient (Wildman–Crippen LogP) is 5.73. The smallest absolute Gasteiger partial charge is 0.267 e. The average Bonchev–Trinajstić information content (AvgIpc) is 3.30. The lowest BCUT2D eigenvalue weighted by Crippen LogP contribution is -2.30. The normalized spacial score (nSPS) is 14.5. The molecule has 0 bridgehead atoms. The van der Waals surface area contributed by atoms with Crippen molar-refractivity contribution in [1.82, 2.24) is 9.88 Å². The van der Waals surface area contributed by atoms with Crippen molar-refractivity contribution in [3.8, 4) is 23.0 Å². The fourth-order valence-corrected chi connectivity index (χ4v) is 5.19. The number of ether oxygens (including phenoxy) is 4. The van der Waals surface area contributed by atoms with Crippen molar-refractivity contribution >= 4 is 22.9 Å². The third-order valence-corrected chi connectivity index (χ3v) is 7.22. The highest BCUT2D eigenvalue weighted by molar-refractivity contribution is 7.14. The van der Waals surface area contributed by atoms with Gasteiger partial charge in [-0.3, -0.25) is 9.69 Å². The topological polar surface area (TPSA) is 82.2 Å². The Balaban J connectivity index is 1.41. The van der Waals surface area contributed by atoms with E-state index in [4.69, 9.17) is 18.9 Å². The zero-order valence-corrected chi connectivity index (χ0v) is 22.7. The molecule has 0 saturated heterocycles. The van der Waals surface area contributed by atoms with Gasteiger partial charge in [0.15, 0.2) is 29.1 Å². The van der Waals surface area contributed by atoms with Crippen LogP contribution in [-0.2, 0) is 0 Å². The molecule has 37 heavy (non-hydrogen) atoms. The van der Waals surface area contributed by atoms with Gasteiger partial charge in [0.05, 0.1) is 12.8 Å². The number of hydrogen-bond donors (Lipinski definition) is 1. The number of anilines is 1. The summed E-state index contributed by atoms with van der Waals surface area (Å²) in [4.78, 5) is 20.7. The molecule has 0 radical (unpaired) electrons. The summed E-state index contributed by atoms with van der Waals surface area (Å²) in [5.41, 5.74) is 1.28. The third kappa shape index (κ3) is 6.72. The van der Waals surface area contributed by atoms with Crippen molar-refractivity contribution in [3.05, 3.63) is 58.0 Å². The summed E-state index contributed by atoms with van der Waals surface area (Å²) in [6.45, 7) is 10.0. The van der Waals surface area contributed by atoms with Crippen molar-refractivity contribution in [2.45, 2.75) is 39.7 Å². The summed E-state index contributed by atoms with van der Waals surface area (Å²) < 4.78 is 23.4. The van der Waals surface area contributed by atoms with Crippen LogP contribution < -0.4 is 24.3 Å². The van der Waals surface area contributed by atoms with Crippen LogP contribution >= 0.6 is 11.3 Å². The molecule has 198 valence electrons. The molecule has 0 saturated carbocycles. The number of amides is 1. The zero-order chi connectivity index (χ0) is 26.2. The van der Waals surface area contributed by atoms with E-state index in [2.05, 4.69) is 29.0 Å². The average molecular weight is 526 g/mol. The number of carbonyl (C=O) groups excluding carboxylic acids is 1. The predicted molar refractivity (Wildman–Crippen MR) is 146 cm³/mol. The summed E-state index contributed by atoms with van der Waals surface area (Å²) in [5, 5.41) is 3.68. The maximum atomic E-state index is 13.2. The lowest BCUT2D eigenvalue weighted by molar-refractivity contribution is 0.0910. The molecule has 1 atom stereocenters. The van der Waals surface area contributed by atoms with Crippen LogP contribution in [0, 0.1) is 6.92 Å². The highest BCUT2D eigenvalue weighted by atomic mass is 32.1. The minimum absolute atomic E-state index is 0.230. The quantitative estimate of drug-likeness (QED) is 0.324. The largest absolute Gasteiger partial charge is 0.493 e. The number of rotatable bonds is 12. The van der Waals surface area contributed by atoms with Crippen molar-refractivity contribution < 1.29 is 23.7 Å². The molecule has 1 aliphatic heterocycles. The van der Waals surface area contributed by atoms with Gasteiger partial charge in [-0.1, -0.05) is 26.0 Å². The first-order valence-electron chi connectivity index (χ1n) is 12.7. The summed E-state index contributed by atoms with van der Waals surface area (Å²) in [6.07, 6.45) is 1.86. The Bertz CT molecular complexity index is 1190. The van der Waals surface area contributed by atoms with Crippen LogP contribution in [0.1, 0.15) is 53.2 Å². The molecule has 9 heteroatoms. The first kappa shape index (κ1) is 26.8. The van der Waals surface area contributed by atoms with Crippen molar-refractivity contribution in [2.75, 3.05) is 45.3 Å². The summed E-state index contributed by atoms with van der Waals surface area (Å²) >= 11 is 1.32. The molecule has 8 nitrogen and oxygen atoms in total. The number of carbonyl (C=O) groups is 1. The van der Waals surface area contributed by atoms with E-state index in [9.17, 15) is 4.79 Å². The van der Waals surface area contributed by atoms with E-state index in [0.717, 1.165) is 32.5 Å². The molecule has 2 aromatic carbocycles. The first-order chi connectivity index (χ1) is 18.0. The standard InChI is InChI=1S/C28H35N3O5S/c1-5-13-31(14-6-2)15-16-34-24-17-20(11-12-21(24)33-4)30-27(32)26-19(3)29-28(37-26)25-18-35-22-9-7-8-10-23(22)36-25/h7-12,17,25H,5-6,13-16,18H2,1-4H3,(H,30,32). The van der Waals surface area contributed by atoms with Gasteiger partial charge in [0.1, 0.15) is 23.1 Å². The van der Waals surface area contributed by atoms with Crippen LogP contribution in [0.5, 0.6) is 23.0 Å². The fourth-order valence-electron chi connectivity index (χ4n) is 4.21. The second-order valence-corrected chi connectivity index (χ2v) is 9.87. The van der Waals surface area contributed by atoms with E-state index >= 15 is 0 Å². The van der Waals surface area contributed by atoms with E-state index in [1.165, 1.54) is 11.3 Å². The Morgan fingerprint density at radius 3 is 2.59 bits per heavy atom. The molecule has 1 amide bonds. The lowest BCUT2D eigenvalue weighted by atomic mass is 10.2. The Kier molecular flexibility index (Phi) is 9.24. The van der Waals surface area contributed by atoms with E-state index in [-0.39, 0.29) is 12.0 Å². The number of para-hydroxylation sites is 2. The molecular weight excluding hydrogens is 490 g/mol. The Morgan fingerprint density at radius 1 is 1.11 bits per heavy atom. The maximum absolute atomic E-state index is 13.2. The third-order valence-electron chi connectivity index (χ3n) is 5.97. The number of thiazole rings is 1. The number of benzene rings is 2. The molecule has 4 rings (SSSR count). The van der Waals surface area contributed by atoms with Crippen LogP contribution in [0.2, 0.25) is 0 Å². The minimum Gasteiger partial charge on any atom is -0.493 e. The Labute approximate surface area is 222 Å². The fraction of sp³-hybridized carbons (Fsp3) is 0.429. The Morgan fingerprint density at radius 2 is 1.86 bits per heavy atom. The minimum atomic E-state index is -0.360. The maximum Gasteiger partial charge on any atom is 0.267 e. The van der Waals surface area contributed by atoms with Crippen LogP contribution in [0.3, 0.4) is 0 Å². The van der Waals surface area contributed by atoms with E-state index < -0.39 is 0 Å². The van der Waals surface area contributed by atoms with Crippen LogP contribution in [-0.4, -0.2) is 55.7 Å². The second-order valence-electron chi connectivity index (χ2n) is 8.84. The molecule has 1 N–H and O–H groups in total. The van der Waals surface area contributed by atoms with Crippen molar-refractivity contribution in [3.63, 3.8) is 0 Å². The molecular formula is C28H35N3O5S. The van der Waals surface area contributed by atoms with E-state index in [1.807, 2.05) is 31.2 Å². The lowest BCUT2D eigenvalue weighted by Gasteiger charge is -2.24. The van der Waals surface area contributed by atoms with Gasteiger partial charge in [-0.15, -0.1) is 11.3 Å². The molecule has 0 aliphatic carbocycles. The summed E-state index contributed by atoms with van der Waals surface area (Å²) in [5.74, 6) is 2.39. The van der Waals surface area contributed by atoms with Crippen LogP contribution in [0.15, 0.2) is 42.5 Å². The number of aryl methyl sites for hydroxylation is 1. The molecule has 0 fully saturated rings. The van der Waals surface area contributed by atoms with Crippen molar-refractivity contribution in [1.29, 1.82) is 0 Å². The molecule has 1 unspecified atom stereocenters. The number of fused-ring (bicyclic) bond motifs is 1. The highest BCUT2D eigenvalue weighted by Crippen LogP contribution is 2.38. The summed E-state index contributed by atoms with van der Waals surface area (Å²) in [7, 11) is 1.61. The molecule has 1 aromatic heterocycles. The van der Waals surface area contributed by atoms with Crippen LogP contribution in [0.4, 0.5) is 5.69 Å². The SMILES string of the molecule is CCCN(CCC)CCOc1cc(NC(=O)c2sc(C3COc4ccccc4O3)nc2C)ccc1OC. The van der Waals surface area contributed by atoms with Gasteiger partial charge in [-0.2, -0.15) is 0 Å². The van der Waals surface area contributed by atoms with Crippen molar-refractivity contribution in [2.24, 2.45) is 0 Å².